The molecule has 2 aromatic carbocycles. The maximum Gasteiger partial charge on any atom is 0.233 e. The highest BCUT2D eigenvalue weighted by Gasteiger charge is 2.13. The van der Waals surface area contributed by atoms with Gasteiger partial charge in [-0.05, 0) is 31.2 Å². The quantitative estimate of drug-likeness (QED) is 0.617. The zero-order chi connectivity index (χ0) is 17.7. The first-order valence-corrected chi connectivity index (χ1v) is 7.77. The van der Waals surface area contributed by atoms with Crippen LogP contribution in [0.15, 0.2) is 42.5 Å². The highest BCUT2D eigenvalue weighted by molar-refractivity contribution is 6.44. The van der Waals surface area contributed by atoms with Crippen molar-refractivity contribution in [3.63, 3.8) is 0 Å². The van der Waals surface area contributed by atoms with Gasteiger partial charge >= 0.3 is 0 Å². The van der Waals surface area contributed by atoms with Crippen molar-refractivity contribution in [2.24, 2.45) is 0 Å². The molecular formula is C17H14Cl2N2O3. The molecule has 24 heavy (non-hydrogen) atoms. The molecule has 0 atom stereocenters. The van der Waals surface area contributed by atoms with Crippen LogP contribution in [0.1, 0.15) is 23.7 Å². The van der Waals surface area contributed by atoms with E-state index in [1.807, 2.05) is 0 Å². The van der Waals surface area contributed by atoms with Gasteiger partial charge in [-0.25, -0.2) is 0 Å². The highest BCUT2D eigenvalue weighted by Crippen LogP contribution is 2.29. The summed E-state index contributed by atoms with van der Waals surface area (Å²) in [5.41, 5.74) is 1.25. The molecule has 2 amide bonds. The van der Waals surface area contributed by atoms with Crippen molar-refractivity contribution >= 4 is 52.2 Å². The number of halogens is 2. The van der Waals surface area contributed by atoms with Crippen LogP contribution in [0.4, 0.5) is 11.4 Å². The Labute approximate surface area is 149 Å². The summed E-state index contributed by atoms with van der Waals surface area (Å²) in [7, 11) is 0. The third-order valence-corrected chi connectivity index (χ3v) is 3.92. The van der Waals surface area contributed by atoms with Crippen LogP contribution in [-0.4, -0.2) is 17.6 Å². The number of anilines is 2. The third kappa shape index (κ3) is 4.81. The molecule has 0 saturated carbocycles. The van der Waals surface area contributed by atoms with Crippen LogP contribution in [0.3, 0.4) is 0 Å². The lowest BCUT2D eigenvalue weighted by atomic mass is 10.1. The molecule has 0 aromatic heterocycles. The SMILES string of the molecule is CC(=O)c1cccc(NC(=O)CC(=O)Nc2cccc(Cl)c2Cl)c1. The molecule has 5 nitrogen and oxygen atoms in total. The molecule has 0 aliphatic heterocycles. The summed E-state index contributed by atoms with van der Waals surface area (Å²) < 4.78 is 0. The number of amides is 2. The van der Waals surface area contributed by atoms with Gasteiger partial charge in [0.1, 0.15) is 6.42 Å². The first kappa shape index (κ1) is 18.0. The van der Waals surface area contributed by atoms with E-state index < -0.39 is 18.2 Å². The number of benzene rings is 2. The van der Waals surface area contributed by atoms with Gasteiger partial charge in [0.05, 0.1) is 15.7 Å². The van der Waals surface area contributed by atoms with E-state index in [1.165, 1.54) is 6.92 Å². The summed E-state index contributed by atoms with van der Waals surface area (Å²) in [4.78, 5) is 35.2. The van der Waals surface area contributed by atoms with Gasteiger partial charge in [-0.1, -0.05) is 41.4 Å². The first-order chi connectivity index (χ1) is 11.4. The smallest absolute Gasteiger partial charge is 0.233 e. The normalized spacial score (nSPS) is 10.1. The Bertz CT molecular complexity index is 806. The summed E-state index contributed by atoms with van der Waals surface area (Å²) in [5, 5.41) is 5.61. The number of ketones is 1. The molecule has 0 saturated heterocycles. The monoisotopic (exact) mass is 364 g/mol. The fourth-order valence-corrected chi connectivity index (χ4v) is 2.31. The number of hydrogen-bond donors (Lipinski definition) is 2. The Hall–Kier alpha value is -2.37. The van der Waals surface area contributed by atoms with Crippen molar-refractivity contribution < 1.29 is 14.4 Å². The van der Waals surface area contributed by atoms with E-state index in [4.69, 9.17) is 23.2 Å². The van der Waals surface area contributed by atoms with Gasteiger partial charge in [0, 0.05) is 11.3 Å². The lowest BCUT2D eigenvalue weighted by Crippen LogP contribution is -2.21. The Kier molecular flexibility index (Phi) is 5.95. The van der Waals surface area contributed by atoms with E-state index in [0.29, 0.717) is 22.0 Å². The molecule has 0 aliphatic carbocycles. The molecule has 2 aromatic rings. The lowest BCUT2D eigenvalue weighted by Gasteiger charge is -2.09. The van der Waals surface area contributed by atoms with Gasteiger partial charge in [-0.3, -0.25) is 14.4 Å². The first-order valence-electron chi connectivity index (χ1n) is 7.01. The summed E-state index contributed by atoms with van der Waals surface area (Å²) in [5.74, 6) is -1.15. The number of carbonyl (C=O) groups excluding carboxylic acids is 3. The van der Waals surface area contributed by atoms with E-state index in [2.05, 4.69) is 10.6 Å². The van der Waals surface area contributed by atoms with Gasteiger partial charge in [0.15, 0.2) is 5.78 Å². The minimum Gasteiger partial charge on any atom is -0.326 e. The minimum absolute atomic E-state index is 0.112. The van der Waals surface area contributed by atoms with Crippen LogP contribution in [-0.2, 0) is 9.59 Å². The van der Waals surface area contributed by atoms with Crippen molar-refractivity contribution in [3.8, 4) is 0 Å². The second-order valence-electron chi connectivity index (χ2n) is 5.01. The van der Waals surface area contributed by atoms with Gasteiger partial charge in [-0.2, -0.15) is 0 Å². The summed E-state index contributed by atoms with van der Waals surface area (Å²) in [6.07, 6.45) is -0.396. The van der Waals surface area contributed by atoms with Crippen LogP contribution in [0.25, 0.3) is 0 Å². The number of carbonyl (C=O) groups is 3. The Morgan fingerprint density at radius 3 is 2.33 bits per heavy atom. The molecule has 0 aliphatic rings. The molecule has 0 bridgehead atoms. The van der Waals surface area contributed by atoms with Gasteiger partial charge in [0.2, 0.25) is 11.8 Å². The molecule has 2 rings (SSSR count). The van der Waals surface area contributed by atoms with Gasteiger partial charge in [0.25, 0.3) is 0 Å². The fraction of sp³-hybridized carbons (Fsp3) is 0.118. The molecule has 124 valence electrons. The molecule has 0 radical (unpaired) electrons. The zero-order valence-electron chi connectivity index (χ0n) is 12.7. The van der Waals surface area contributed by atoms with Crippen molar-refractivity contribution in [2.75, 3.05) is 10.6 Å². The van der Waals surface area contributed by atoms with E-state index >= 15 is 0 Å². The number of hydrogen-bond acceptors (Lipinski definition) is 3. The molecule has 0 spiro atoms. The average Bonchev–Trinajstić information content (AvgIpc) is 2.51. The van der Waals surface area contributed by atoms with Crippen molar-refractivity contribution in [1.29, 1.82) is 0 Å². The molecule has 0 fully saturated rings. The van der Waals surface area contributed by atoms with Crippen LogP contribution < -0.4 is 10.6 Å². The van der Waals surface area contributed by atoms with E-state index in [9.17, 15) is 14.4 Å². The largest absolute Gasteiger partial charge is 0.326 e. The standard InChI is InChI=1S/C17H14Cl2N2O3/c1-10(22)11-4-2-5-12(8-11)20-15(23)9-16(24)21-14-7-3-6-13(18)17(14)19/h2-8H,9H2,1H3,(H,20,23)(H,21,24). The summed E-state index contributed by atoms with van der Waals surface area (Å²) in [6, 6.07) is 11.3. The van der Waals surface area contributed by atoms with Crippen LogP contribution in [0, 0.1) is 0 Å². The maximum absolute atomic E-state index is 11.9. The predicted octanol–water partition coefficient (Wildman–Crippen LogP) is 4.16. The van der Waals surface area contributed by atoms with Crippen molar-refractivity contribution in [1.82, 2.24) is 0 Å². The number of rotatable bonds is 5. The third-order valence-electron chi connectivity index (χ3n) is 3.10. The minimum atomic E-state index is -0.528. The zero-order valence-corrected chi connectivity index (χ0v) is 14.2. The molecular weight excluding hydrogens is 351 g/mol. The van der Waals surface area contributed by atoms with Crippen molar-refractivity contribution in [3.05, 3.63) is 58.1 Å². The van der Waals surface area contributed by atoms with E-state index in [-0.39, 0.29) is 10.8 Å². The highest BCUT2D eigenvalue weighted by atomic mass is 35.5. The average molecular weight is 365 g/mol. The summed E-state index contributed by atoms with van der Waals surface area (Å²) in [6.45, 7) is 1.43. The second kappa shape index (κ2) is 7.95. The molecule has 0 unspecified atom stereocenters. The predicted molar refractivity (Wildman–Crippen MR) is 94.8 cm³/mol. The summed E-state index contributed by atoms with van der Waals surface area (Å²) >= 11 is 11.8. The number of nitrogens with one attached hydrogen (secondary N) is 2. The second-order valence-corrected chi connectivity index (χ2v) is 5.80. The Balaban J connectivity index is 1.97. The topological polar surface area (TPSA) is 75.3 Å². The van der Waals surface area contributed by atoms with E-state index in [0.717, 1.165) is 0 Å². The molecule has 7 heteroatoms. The van der Waals surface area contributed by atoms with Crippen LogP contribution >= 0.6 is 23.2 Å². The van der Waals surface area contributed by atoms with Crippen molar-refractivity contribution in [2.45, 2.75) is 13.3 Å². The van der Waals surface area contributed by atoms with Gasteiger partial charge in [-0.15, -0.1) is 0 Å². The van der Waals surface area contributed by atoms with Crippen LogP contribution in [0.5, 0.6) is 0 Å². The lowest BCUT2D eigenvalue weighted by molar-refractivity contribution is -0.123. The number of Topliss-reactive ketones (excluding diaryl/α,β-unsaturated/α-hetero) is 1. The fourth-order valence-electron chi connectivity index (χ4n) is 1.96. The molecule has 0 heterocycles. The molecule has 2 N–H and O–H groups in total. The Morgan fingerprint density at radius 2 is 1.62 bits per heavy atom. The van der Waals surface area contributed by atoms with Gasteiger partial charge < -0.3 is 10.6 Å². The Morgan fingerprint density at radius 1 is 0.958 bits per heavy atom. The maximum atomic E-state index is 11.9. The van der Waals surface area contributed by atoms with E-state index in [1.54, 1.807) is 42.5 Å². The van der Waals surface area contributed by atoms with Crippen LogP contribution in [0.2, 0.25) is 10.0 Å².